The summed E-state index contributed by atoms with van der Waals surface area (Å²) in [6, 6.07) is 4.19. The van der Waals surface area contributed by atoms with Crippen LogP contribution in [0.2, 0.25) is 0 Å². The number of hydrogen-bond donors (Lipinski definition) is 0. The monoisotopic (exact) mass is 384 g/mol. The van der Waals surface area contributed by atoms with Crippen LogP contribution in [0.15, 0.2) is 22.7 Å². The maximum Gasteiger partial charge on any atom is 0.383 e. The Kier molecular flexibility index (Phi) is 6.77. The number of hydrogen-bond acceptors (Lipinski definition) is 7. The molecule has 0 saturated carbocycles. The number of ketones is 4. The first-order valence-electron chi connectivity index (χ1n) is 6.60. The van der Waals surface area contributed by atoms with E-state index in [1.54, 1.807) is 6.92 Å². The quantitative estimate of drug-likeness (QED) is 0.288. The van der Waals surface area contributed by atoms with Crippen LogP contribution in [0.25, 0.3) is 0 Å². The Morgan fingerprint density at radius 1 is 0.957 bits per heavy atom. The highest BCUT2D eigenvalue weighted by Gasteiger charge is 2.35. The van der Waals surface area contributed by atoms with Gasteiger partial charge in [-0.05, 0) is 32.0 Å². The van der Waals surface area contributed by atoms with Crippen molar-refractivity contribution in [1.82, 2.24) is 0 Å². The van der Waals surface area contributed by atoms with Gasteiger partial charge in [0.2, 0.25) is 5.78 Å². The van der Waals surface area contributed by atoms with Crippen LogP contribution >= 0.6 is 15.9 Å². The zero-order valence-electron chi connectivity index (χ0n) is 12.4. The summed E-state index contributed by atoms with van der Waals surface area (Å²) < 4.78 is 10.2. The molecule has 0 aliphatic heterocycles. The van der Waals surface area contributed by atoms with E-state index >= 15 is 0 Å². The van der Waals surface area contributed by atoms with E-state index < -0.39 is 29.1 Å². The average Bonchev–Trinajstić information content (AvgIpc) is 2.53. The van der Waals surface area contributed by atoms with Crippen molar-refractivity contribution in [2.75, 3.05) is 13.2 Å². The van der Waals surface area contributed by atoms with Crippen molar-refractivity contribution in [2.45, 2.75) is 13.8 Å². The lowest BCUT2D eigenvalue weighted by atomic mass is 10.0. The van der Waals surface area contributed by atoms with E-state index in [1.807, 2.05) is 0 Å². The molecular weight excluding hydrogens is 372 g/mol. The Morgan fingerprint density at radius 3 is 2.17 bits per heavy atom. The predicted octanol–water partition coefficient (Wildman–Crippen LogP) is 1.30. The van der Waals surface area contributed by atoms with Crippen molar-refractivity contribution < 1.29 is 33.4 Å². The van der Waals surface area contributed by atoms with Gasteiger partial charge in [-0.25, -0.2) is 4.79 Å². The maximum atomic E-state index is 12.1. The lowest BCUT2D eigenvalue weighted by Crippen LogP contribution is -2.36. The number of carbonyl (C=O) groups excluding carboxylic acids is 5. The molecule has 0 saturated heterocycles. The van der Waals surface area contributed by atoms with Crippen LogP contribution in [-0.4, -0.2) is 42.3 Å². The molecule has 7 nitrogen and oxygen atoms in total. The number of Topliss-reactive ketones (excluding diaryl/α,β-unsaturated/α-hetero) is 4. The molecule has 0 aliphatic rings. The topological polar surface area (TPSA) is 104 Å². The van der Waals surface area contributed by atoms with Crippen LogP contribution < -0.4 is 4.74 Å². The molecule has 0 bridgehead atoms. The number of esters is 1. The van der Waals surface area contributed by atoms with E-state index in [-0.39, 0.29) is 24.5 Å². The van der Waals surface area contributed by atoms with Crippen molar-refractivity contribution in [1.29, 1.82) is 0 Å². The highest BCUT2D eigenvalue weighted by molar-refractivity contribution is 9.10. The standard InChI is InChI=1S/C15H13BrO7/c1-3-22-10-7-8(16)5-6-9(10)11(17)12(18)13(19)14(20)15(21)23-4-2/h5-7H,3-4H2,1-2H3. The molecule has 0 atom stereocenters. The molecule has 0 radical (unpaired) electrons. The minimum absolute atomic E-state index is 0.0802. The summed E-state index contributed by atoms with van der Waals surface area (Å²) in [5.74, 6) is -7.66. The number of ether oxygens (including phenoxy) is 2. The molecule has 0 heterocycles. The van der Waals surface area contributed by atoms with Gasteiger partial charge < -0.3 is 9.47 Å². The second kappa shape index (κ2) is 8.33. The first-order valence-corrected chi connectivity index (χ1v) is 7.39. The van der Waals surface area contributed by atoms with Crippen molar-refractivity contribution >= 4 is 45.0 Å². The third kappa shape index (κ3) is 4.56. The highest BCUT2D eigenvalue weighted by atomic mass is 79.9. The Morgan fingerprint density at radius 2 is 1.61 bits per heavy atom. The molecule has 0 unspecified atom stereocenters. The van der Waals surface area contributed by atoms with Crippen LogP contribution in [0.3, 0.4) is 0 Å². The van der Waals surface area contributed by atoms with Crippen LogP contribution in [-0.2, 0) is 23.9 Å². The maximum absolute atomic E-state index is 12.1. The molecular formula is C15H13BrO7. The lowest BCUT2D eigenvalue weighted by molar-refractivity contribution is -0.157. The molecule has 8 heteroatoms. The van der Waals surface area contributed by atoms with Crippen molar-refractivity contribution in [3.63, 3.8) is 0 Å². The summed E-state index contributed by atoms with van der Waals surface area (Å²) >= 11 is 3.18. The second-order valence-corrected chi connectivity index (χ2v) is 5.03. The van der Waals surface area contributed by atoms with Gasteiger partial charge in [0.25, 0.3) is 11.6 Å². The lowest BCUT2D eigenvalue weighted by Gasteiger charge is -2.08. The van der Waals surface area contributed by atoms with Crippen molar-refractivity contribution in [3.8, 4) is 5.75 Å². The van der Waals surface area contributed by atoms with Gasteiger partial charge in [0.15, 0.2) is 0 Å². The normalized spacial score (nSPS) is 9.87. The third-order valence-corrected chi connectivity index (χ3v) is 3.06. The Hall–Kier alpha value is -2.35. The zero-order valence-corrected chi connectivity index (χ0v) is 14.0. The summed E-state index contributed by atoms with van der Waals surface area (Å²) in [5, 5.41) is 0. The summed E-state index contributed by atoms with van der Waals surface area (Å²) in [6.07, 6.45) is 0. The predicted molar refractivity (Wildman–Crippen MR) is 81.3 cm³/mol. The molecule has 23 heavy (non-hydrogen) atoms. The van der Waals surface area contributed by atoms with Crippen LogP contribution in [0.5, 0.6) is 5.75 Å². The van der Waals surface area contributed by atoms with Crippen LogP contribution in [0.4, 0.5) is 0 Å². The van der Waals surface area contributed by atoms with Gasteiger partial charge in [-0.2, -0.15) is 0 Å². The van der Waals surface area contributed by atoms with E-state index in [9.17, 15) is 24.0 Å². The number of carbonyl (C=O) groups is 5. The largest absolute Gasteiger partial charge is 0.493 e. The molecule has 0 aromatic heterocycles. The highest BCUT2D eigenvalue weighted by Crippen LogP contribution is 2.24. The van der Waals surface area contributed by atoms with Crippen molar-refractivity contribution in [3.05, 3.63) is 28.2 Å². The number of halogens is 1. The van der Waals surface area contributed by atoms with Gasteiger partial charge in [0.05, 0.1) is 18.8 Å². The summed E-state index contributed by atoms with van der Waals surface area (Å²) in [6.45, 7) is 3.19. The van der Waals surface area contributed by atoms with Crippen LogP contribution in [0.1, 0.15) is 24.2 Å². The van der Waals surface area contributed by atoms with Crippen molar-refractivity contribution in [2.24, 2.45) is 0 Å². The van der Waals surface area contributed by atoms with Gasteiger partial charge in [-0.1, -0.05) is 15.9 Å². The van der Waals surface area contributed by atoms with Gasteiger partial charge in [0.1, 0.15) is 5.75 Å². The molecule has 1 rings (SSSR count). The van der Waals surface area contributed by atoms with Crippen LogP contribution in [0, 0.1) is 0 Å². The molecule has 0 aliphatic carbocycles. The molecule has 1 aromatic rings. The first-order chi connectivity index (χ1) is 10.8. The number of benzene rings is 1. The molecule has 0 spiro atoms. The first kappa shape index (κ1) is 18.7. The SMILES string of the molecule is CCOC(=O)C(=O)C(=O)C(=O)C(=O)c1ccc(Br)cc1OCC. The van der Waals surface area contributed by atoms with E-state index in [0.29, 0.717) is 4.47 Å². The molecule has 0 amide bonds. The smallest absolute Gasteiger partial charge is 0.383 e. The van der Waals surface area contributed by atoms with Gasteiger partial charge in [-0.3, -0.25) is 19.2 Å². The molecule has 1 aromatic carbocycles. The minimum Gasteiger partial charge on any atom is -0.493 e. The van der Waals surface area contributed by atoms with Gasteiger partial charge in [0, 0.05) is 4.47 Å². The minimum atomic E-state index is -1.74. The summed E-state index contributed by atoms with van der Waals surface area (Å²) in [7, 11) is 0. The molecule has 0 N–H and O–H groups in total. The third-order valence-electron chi connectivity index (χ3n) is 2.57. The Balaban J connectivity index is 3.05. The average molecular weight is 385 g/mol. The van der Waals surface area contributed by atoms with E-state index in [2.05, 4.69) is 20.7 Å². The Bertz CT molecular complexity index is 678. The summed E-state index contributed by atoms with van der Waals surface area (Å²) in [5.41, 5.74) is -0.176. The zero-order chi connectivity index (χ0) is 17.6. The van der Waals surface area contributed by atoms with Gasteiger partial charge in [-0.15, -0.1) is 0 Å². The molecule has 122 valence electrons. The van der Waals surface area contributed by atoms with E-state index in [1.165, 1.54) is 25.1 Å². The fourth-order valence-electron chi connectivity index (χ4n) is 1.58. The van der Waals surface area contributed by atoms with E-state index in [0.717, 1.165) is 0 Å². The Labute approximate surface area is 140 Å². The fraction of sp³-hybridized carbons (Fsp3) is 0.267. The number of rotatable bonds is 8. The summed E-state index contributed by atoms with van der Waals surface area (Å²) in [4.78, 5) is 58.2. The fourth-order valence-corrected chi connectivity index (χ4v) is 1.92. The van der Waals surface area contributed by atoms with E-state index in [4.69, 9.17) is 4.74 Å². The van der Waals surface area contributed by atoms with Gasteiger partial charge >= 0.3 is 11.8 Å². The molecule has 0 fully saturated rings. The second-order valence-electron chi connectivity index (χ2n) is 4.11.